The minimum Gasteiger partial charge on any atom is -0.481 e. The fraction of sp³-hybridized carbons (Fsp3) is 0.765. The Morgan fingerprint density at radius 1 is 0.800 bits per heavy atom. The summed E-state index contributed by atoms with van der Waals surface area (Å²) in [5, 5.41) is 9.07. The first-order chi connectivity index (χ1) is 19.6. The number of likely N-dealkylation sites (tertiary alicyclic amines) is 1. The SMILES string of the molecule is O=C(O)CCN1CCC(Cc2nc3ccccc3n2C2C[C@H]3CCC[C@@H](C2)N3C2C[C@H]3CCCC[C@@H](C2)C3)CC1. The normalized spacial score (nSPS) is 34.1. The van der Waals surface area contributed by atoms with Gasteiger partial charge in [0.05, 0.1) is 17.5 Å². The molecule has 2 saturated carbocycles. The molecular formula is C34H50N4O2. The molecule has 0 amide bonds. The molecule has 0 radical (unpaired) electrons. The molecule has 4 bridgehead atoms. The van der Waals surface area contributed by atoms with Crippen molar-refractivity contribution in [1.29, 1.82) is 0 Å². The quantitative estimate of drug-likeness (QED) is 0.420. The number of rotatable bonds is 7. The van der Waals surface area contributed by atoms with E-state index < -0.39 is 5.97 Å². The molecule has 1 N–H and O–H groups in total. The van der Waals surface area contributed by atoms with Crippen molar-refractivity contribution in [3.8, 4) is 0 Å². The number of carbonyl (C=O) groups is 1. The summed E-state index contributed by atoms with van der Waals surface area (Å²) in [6.45, 7) is 2.72. The molecule has 5 fully saturated rings. The van der Waals surface area contributed by atoms with Gasteiger partial charge < -0.3 is 14.6 Å². The highest BCUT2D eigenvalue weighted by Gasteiger charge is 2.45. The highest BCUT2D eigenvalue weighted by molar-refractivity contribution is 5.76. The second-order valence-corrected chi connectivity index (χ2v) is 14.2. The van der Waals surface area contributed by atoms with Gasteiger partial charge in [-0.15, -0.1) is 0 Å². The third-order valence-electron chi connectivity index (χ3n) is 11.6. The molecule has 3 saturated heterocycles. The van der Waals surface area contributed by atoms with E-state index >= 15 is 0 Å². The summed E-state index contributed by atoms with van der Waals surface area (Å²) in [6, 6.07) is 11.8. The number of aliphatic carboxylic acids is 1. The van der Waals surface area contributed by atoms with E-state index in [-0.39, 0.29) is 6.42 Å². The van der Waals surface area contributed by atoms with Crippen molar-refractivity contribution in [1.82, 2.24) is 19.4 Å². The van der Waals surface area contributed by atoms with E-state index in [0.29, 0.717) is 18.5 Å². The predicted molar refractivity (Wildman–Crippen MR) is 159 cm³/mol. The average molecular weight is 547 g/mol. The largest absolute Gasteiger partial charge is 0.481 e. The maximum Gasteiger partial charge on any atom is 0.304 e. The van der Waals surface area contributed by atoms with E-state index in [1.165, 1.54) is 93.9 Å². The van der Waals surface area contributed by atoms with Crippen LogP contribution in [-0.2, 0) is 11.2 Å². The Kier molecular flexibility index (Phi) is 7.92. The number of carboxylic acids is 1. The number of hydrogen-bond donors (Lipinski definition) is 1. The Hall–Kier alpha value is -1.92. The molecule has 5 aliphatic rings. The van der Waals surface area contributed by atoms with Gasteiger partial charge in [0.15, 0.2) is 0 Å². The Balaban J connectivity index is 1.09. The van der Waals surface area contributed by atoms with Crippen LogP contribution >= 0.6 is 0 Å². The van der Waals surface area contributed by atoms with E-state index in [1.54, 1.807) is 0 Å². The molecule has 3 aliphatic heterocycles. The number of para-hydroxylation sites is 2. The monoisotopic (exact) mass is 546 g/mol. The van der Waals surface area contributed by atoms with Gasteiger partial charge >= 0.3 is 5.97 Å². The fourth-order valence-corrected chi connectivity index (χ4v) is 9.88. The smallest absolute Gasteiger partial charge is 0.304 e. The average Bonchev–Trinajstić information content (AvgIpc) is 3.22. The van der Waals surface area contributed by atoms with Gasteiger partial charge in [0, 0.05) is 37.1 Å². The van der Waals surface area contributed by atoms with Crippen molar-refractivity contribution in [3.05, 3.63) is 30.1 Å². The molecule has 1 aromatic heterocycles. The van der Waals surface area contributed by atoms with E-state index in [2.05, 4.69) is 38.6 Å². The zero-order chi connectivity index (χ0) is 27.1. The van der Waals surface area contributed by atoms with Crippen LogP contribution in [0.4, 0.5) is 0 Å². The summed E-state index contributed by atoms with van der Waals surface area (Å²) in [6.07, 6.45) is 20.8. The van der Waals surface area contributed by atoms with Gasteiger partial charge in [-0.3, -0.25) is 9.69 Å². The van der Waals surface area contributed by atoms with Crippen LogP contribution in [-0.4, -0.2) is 68.2 Å². The minimum atomic E-state index is -0.687. The van der Waals surface area contributed by atoms with Gasteiger partial charge in [-0.2, -0.15) is 0 Å². The van der Waals surface area contributed by atoms with E-state index in [9.17, 15) is 4.79 Å². The zero-order valence-corrected chi connectivity index (χ0v) is 24.4. The van der Waals surface area contributed by atoms with E-state index in [1.807, 2.05) is 0 Å². The number of carboxylic acid groups (broad SMARTS) is 1. The van der Waals surface area contributed by atoms with Crippen LogP contribution < -0.4 is 0 Å². The standard InChI is InChI=1S/C34H50N4O2/c39-34(40)14-17-36-15-12-24(13-16-36)21-33-35-31-10-3-4-11-32(31)38(33)30-22-27-8-5-9-28(23-30)37(27)29-19-25-6-1-2-7-26(18-25)20-29/h3-4,10-11,24-30H,1-2,5-9,12-23H2,(H,39,40)/t25-,26+,27-,28+,29?,30?. The summed E-state index contributed by atoms with van der Waals surface area (Å²) in [4.78, 5) is 21.7. The van der Waals surface area contributed by atoms with Crippen molar-refractivity contribution in [2.24, 2.45) is 17.8 Å². The van der Waals surface area contributed by atoms with Crippen LogP contribution in [0.3, 0.4) is 0 Å². The third kappa shape index (κ3) is 5.60. The lowest BCUT2D eigenvalue weighted by molar-refractivity contribution is -0.137. The summed E-state index contributed by atoms with van der Waals surface area (Å²) in [5.41, 5.74) is 2.51. The van der Waals surface area contributed by atoms with Gasteiger partial charge in [0.2, 0.25) is 0 Å². The summed E-state index contributed by atoms with van der Waals surface area (Å²) in [5.74, 6) is 3.24. The van der Waals surface area contributed by atoms with Crippen molar-refractivity contribution in [2.75, 3.05) is 19.6 Å². The number of fused-ring (bicyclic) bond motifs is 5. The maximum absolute atomic E-state index is 11.0. The van der Waals surface area contributed by atoms with Gasteiger partial charge in [-0.05, 0) is 101 Å². The molecule has 2 aromatic rings. The van der Waals surface area contributed by atoms with Crippen LogP contribution in [0.2, 0.25) is 0 Å². The lowest BCUT2D eigenvalue weighted by Crippen LogP contribution is -2.58. The van der Waals surface area contributed by atoms with Crippen LogP contribution in [0.25, 0.3) is 11.0 Å². The van der Waals surface area contributed by atoms with Gasteiger partial charge in [0.1, 0.15) is 5.82 Å². The van der Waals surface area contributed by atoms with Crippen LogP contribution in [0, 0.1) is 17.8 Å². The van der Waals surface area contributed by atoms with Gasteiger partial charge in [-0.1, -0.05) is 44.2 Å². The first-order valence-electron chi connectivity index (χ1n) is 16.8. The molecule has 40 heavy (non-hydrogen) atoms. The molecule has 4 heterocycles. The molecule has 2 unspecified atom stereocenters. The number of hydrogen-bond acceptors (Lipinski definition) is 4. The third-order valence-corrected chi connectivity index (χ3v) is 11.6. The first kappa shape index (κ1) is 26.9. The minimum absolute atomic E-state index is 0.254. The second-order valence-electron chi connectivity index (χ2n) is 14.2. The fourth-order valence-electron chi connectivity index (χ4n) is 9.88. The first-order valence-corrected chi connectivity index (χ1v) is 16.8. The highest BCUT2D eigenvalue weighted by atomic mass is 16.4. The number of nitrogens with zero attached hydrogens (tertiary/aromatic N) is 4. The van der Waals surface area contributed by atoms with E-state index in [4.69, 9.17) is 10.1 Å². The summed E-state index contributed by atoms with van der Waals surface area (Å²) in [7, 11) is 0. The predicted octanol–water partition coefficient (Wildman–Crippen LogP) is 6.68. The topological polar surface area (TPSA) is 61.6 Å². The van der Waals surface area contributed by atoms with Crippen molar-refractivity contribution in [2.45, 2.75) is 127 Å². The Bertz CT molecular complexity index is 1140. The molecule has 1 aromatic carbocycles. The summed E-state index contributed by atoms with van der Waals surface area (Å²) >= 11 is 0. The molecular weight excluding hydrogens is 496 g/mol. The molecule has 2 aliphatic carbocycles. The Labute approximate surface area is 240 Å². The number of benzene rings is 1. The van der Waals surface area contributed by atoms with E-state index in [0.717, 1.165) is 62.3 Å². The van der Waals surface area contributed by atoms with Crippen LogP contribution in [0.15, 0.2) is 24.3 Å². The van der Waals surface area contributed by atoms with Crippen molar-refractivity contribution >= 4 is 17.0 Å². The highest BCUT2D eigenvalue weighted by Crippen LogP contribution is 2.47. The lowest BCUT2D eigenvalue weighted by Gasteiger charge is -2.54. The molecule has 218 valence electrons. The Morgan fingerprint density at radius 3 is 2.20 bits per heavy atom. The van der Waals surface area contributed by atoms with Crippen molar-refractivity contribution < 1.29 is 9.90 Å². The lowest BCUT2D eigenvalue weighted by atomic mass is 9.73. The molecule has 6 heteroatoms. The molecule has 6 atom stereocenters. The number of aromatic nitrogens is 2. The molecule has 0 spiro atoms. The van der Waals surface area contributed by atoms with Crippen LogP contribution in [0.5, 0.6) is 0 Å². The van der Waals surface area contributed by atoms with Crippen molar-refractivity contribution in [3.63, 3.8) is 0 Å². The zero-order valence-electron chi connectivity index (χ0n) is 24.4. The molecule has 6 nitrogen and oxygen atoms in total. The second kappa shape index (κ2) is 11.8. The molecule has 7 rings (SSSR count). The number of piperidine rings is 3. The Morgan fingerprint density at radius 2 is 1.50 bits per heavy atom. The van der Waals surface area contributed by atoms with Crippen LogP contribution in [0.1, 0.15) is 108 Å². The summed E-state index contributed by atoms with van der Waals surface area (Å²) < 4.78 is 2.70. The van der Waals surface area contributed by atoms with Gasteiger partial charge in [0.25, 0.3) is 0 Å². The number of imidazole rings is 1. The maximum atomic E-state index is 11.0. The van der Waals surface area contributed by atoms with Gasteiger partial charge in [-0.25, -0.2) is 4.98 Å².